The number of aromatic nitrogens is 2. The molecule has 7 heteroatoms. The van der Waals surface area contributed by atoms with Gasteiger partial charge in [-0.25, -0.2) is 4.98 Å². The Kier molecular flexibility index (Phi) is 3.62. The van der Waals surface area contributed by atoms with Gasteiger partial charge < -0.3 is 14.6 Å². The molecule has 3 rings (SSSR count). The van der Waals surface area contributed by atoms with Crippen molar-refractivity contribution >= 4 is 11.8 Å². The largest absolute Gasteiger partial charge is 0.493 e. The maximum Gasteiger partial charge on any atom is 0.257 e. The Hall–Kier alpha value is -1.99. The number of aryl methyl sites for hydroxylation is 1. The normalized spacial score (nSPS) is 19.8. The molecule has 1 atom stereocenters. The Bertz CT molecular complexity index is 790. The predicted octanol–water partition coefficient (Wildman–Crippen LogP) is 1.37. The maximum atomic E-state index is 12.3. The van der Waals surface area contributed by atoms with Crippen molar-refractivity contribution in [2.75, 3.05) is 20.0 Å². The lowest BCUT2D eigenvalue weighted by Gasteiger charge is -2.25. The Labute approximate surface area is 131 Å². The molecule has 0 spiro atoms. The second-order valence-electron chi connectivity index (χ2n) is 5.03. The van der Waals surface area contributed by atoms with Crippen LogP contribution in [0.4, 0.5) is 0 Å². The Morgan fingerprint density at radius 3 is 2.68 bits per heavy atom. The second-order valence-corrected chi connectivity index (χ2v) is 5.97. The van der Waals surface area contributed by atoms with Gasteiger partial charge in [-0.15, -0.1) is 0 Å². The van der Waals surface area contributed by atoms with E-state index < -0.39 is 5.72 Å². The van der Waals surface area contributed by atoms with Crippen molar-refractivity contribution in [1.29, 1.82) is 0 Å². The van der Waals surface area contributed by atoms with Crippen LogP contribution in [0.25, 0.3) is 0 Å². The van der Waals surface area contributed by atoms with E-state index >= 15 is 0 Å². The molecule has 1 aliphatic heterocycles. The van der Waals surface area contributed by atoms with E-state index in [0.717, 1.165) is 0 Å². The fraction of sp³-hybridized carbons (Fsp3) is 0.333. The van der Waals surface area contributed by atoms with Gasteiger partial charge in [0.05, 0.1) is 20.0 Å². The summed E-state index contributed by atoms with van der Waals surface area (Å²) in [6, 6.07) is 6.53. The number of aliphatic hydroxyl groups is 1. The van der Waals surface area contributed by atoms with Crippen molar-refractivity contribution < 1.29 is 14.6 Å². The van der Waals surface area contributed by atoms with Crippen LogP contribution < -0.4 is 15.0 Å². The van der Waals surface area contributed by atoms with Gasteiger partial charge in [0.1, 0.15) is 0 Å². The number of thioether (sulfide) groups is 1. The quantitative estimate of drug-likeness (QED) is 0.861. The van der Waals surface area contributed by atoms with Crippen molar-refractivity contribution in [2.24, 2.45) is 0 Å². The average Bonchev–Trinajstić information content (AvgIpc) is 2.85. The minimum Gasteiger partial charge on any atom is -0.493 e. The molecule has 116 valence electrons. The zero-order chi connectivity index (χ0) is 15.9. The van der Waals surface area contributed by atoms with E-state index in [9.17, 15) is 9.90 Å². The number of methoxy groups -OCH3 is 2. The van der Waals surface area contributed by atoms with Crippen LogP contribution in [0.1, 0.15) is 11.3 Å². The van der Waals surface area contributed by atoms with Crippen LogP contribution in [-0.4, -0.2) is 34.6 Å². The van der Waals surface area contributed by atoms with Crippen LogP contribution in [0.5, 0.6) is 11.5 Å². The highest BCUT2D eigenvalue weighted by Gasteiger charge is 2.41. The zero-order valence-corrected chi connectivity index (χ0v) is 13.3. The van der Waals surface area contributed by atoms with Crippen molar-refractivity contribution in [3.05, 3.63) is 45.9 Å². The third kappa shape index (κ3) is 2.17. The van der Waals surface area contributed by atoms with Gasteiger partial charge in [0, 0.05) is 17.3 Å². The molecule has 1 aromatic carbocycles. The van der Waals surface area contributed by atoms with Crippen molar-refractivity contribution in [1.82, 2.24) is 9.55 Å². The first kappa shape index (κ1) is 14.9. The molecule has 0 saturated heterocycles. The lowest BCUT2D eigenvalue weighted by Crippen LogP contribution is -2.41. The summed E-state index contributed by atoms with van der Waals surface area (Å²) in [5.74, 6) is 1.38. The van der Waals surface area contributed by atoms with E-state index in [1.54, 1.807) is 32.2 Å². The zero-order valence-electron chi connectivity index (χ0n) is 12.5. The summed E-state index contributed by atoms with van der Waals surface area (Å²) in [5.41, 5.74) is -0.522. The highest BCUT2D eigenvalue weighted by molar-refractivity contribution is 7.99. The number of fused-ring (bicyclic) bond motifs is 1. The summed E-state index contributed by atoms with van der Waals surface area (Å²) in [5, 5.41) is 11.6. The van der Waals surface area contributed by atoms with E-state index in [-0.39, 0.29) is 5.56 Å². The Morgan fingerprint density at radius 2 is 2.00 bits per heavy atom. The molecule has 2 heterocycles. The van der Waals surface area contributed by atoms with Gasteiger partial charge in [-0.2, -0.15) is 0 Å². The number of hydrogen-bond donors (Lipinski definition) is 1. The molecule has 1 unspecified atom stereocenters. The van der Waals surface area contributed by atoms with Crippen molar-refractivity contribution in [2.45, 2.75) is 17.8 Å². The molecule has 2 aromatic rings. The SMILES string of the molecule is COc1ccc(C2(O)CSc3nc(C)cc(=O)n32)cc1OC. The van der Waals surface area contributed by atoms with Gasteiger partial charge in [0.15, 0.2) is 22.4 Å². The van der Waals surface area contributed by atoms with Gasteiger partial charge in [0.25, 0.3) is 5.56 Å². The summed E-state index contributed by atoms with van der Waals surface area (Å²) < 4.78 is 11.8. The lowest BCUT2D eigenvalue weighted by atomic mass is 10.0. The van der Waals surface area contributed by atoms with Gasteiger partial charge in [-0.3, -0.25) is 9.36 Å². The van der Waals surface area contributed by atoms with E-state index in [1.807, 2.05) is 0 Å². The molecule has 0 bridgehead atoms. The van der Waals surface area contributed by atoms with Crippen LogP contribution in [0.2, 0.25) is 0 Å². The van der Waals surface area contributed by atoms with Crippen molar-refractivity contribution in [3.63, 3.8) is 0 Å². The minimum atomic E-state index is -1.45. The predicted molar refractivity (Wildman–Crippen MR) is 82.8 cm³/mol. The summed E-state index contributed by atoms with van der Waals surface area (Å²) in [7, 11) is 3.07. The topological polar surface area (TPSA) is 73.6 Å². The number of nitrogens with zero attached hydrogens (tertiary/aromatic N) is 2. The average molecular weight is 320 g/mol. The molecule has 0 aliphatic carbocycles. The van der Waals surface area contributed by atoms with Crippen molar-refractivity contribution in [3.8, 4) is 11.5 Å². The number of rotatable bonds is 3. The van der Waals surface area contributed by atoms with E-state index in [0.29, 0.717) is 33.7 Å². The molecule has 0 saturated carbocycles. The van der Waals surface area contributed by atoms with Gasteiger partial charge in [0.2, 0.25) is 0 Å². The van der Waals surface area contributed by atoms with Crippen LogP contribution in [0.15, 0.2) is 34.2 Å². The standard InChI is InChI=1S/C15H16N2O4S/c1-9-6-13(18)17-14(16-9)22-8-15(17,19)10-4-5-11(20-2)12(7-10)21-3/h4-7,19H,8H2,1-3H3. The number of benzene rings is 1. The van der Waals surface area contributed by atoms with Gasteiger partial charge in [-0.05, 0) is 19.1 Å². The molecule has 1 N–H and O–H groups in total. The first-order valence-electron chi connectivity index (χ1n) is 6.68. The van der Waals surface area contributed by atoms with E-state index in [2.05, 4.69) is 4.98 Å². The van der Waals surface area contributed by atoms with E-state index in [1.165, 1.54) is 29.5 Å². The monoisotopic (exact) mass is 320 g/mol. The number of ether oxygens (including phenoxy) is 2. The molecular formula is C15H16N2O4S. The molecule has 0 radical (unpaired) electrons. The fourth-order valence-corrected chi connectivity index (χ4v) is 3.74. The summed E-state index contributed by atoms with van der Waals surface area (Å²) in [6.07, 6.45) is 0. The minimum absolute atomic E-state index is 0.273. The highest BCUT2D eigenvalue weighted by atomic mass is 32.2. The third-order valence-corrected chi connectivity index (χ3v) is 4.71. The third-order valence-electron chi connectivity index (χ3n) is 3.63. The summed E-state index contributed by atoms with van der Waals surface area (Å²) in [4.78, 5) is 16.6. The van der Waals surface area contributed by atoms with E-state index in [4.69, 9.17) is 9.47 Å². The Morgan fingerprint density at radius 1 is 1.27 bits per heavy atom. The molecule has 1 aliphatic rings. The molecular weight excluding hydrogens is 304 g/mol. The molecule has 22 heavy (non-hydrogen) atoms. The van der Waals surface area contributed by atoms with Gasteiger partial charge >= 0.3 is 0 Å². The molecule has 6 nitrogen and oxygen atoms in total. The van der Waals surface area contributed by atoms with Crippen LogP contribution >= 0.6 is 11.8 Å². The smallest absolute Gasteiger partial charge is 0.257 e. The number of hydrogen-bond acceptors (Lipinski definition) is 6. The van der Waals surface area contributed by atoms with Crippen LogP contribution in [0.3, 0.4) is 0 Å². The molecule has 0 amide bonds. The van der Waals surface area contributed by atoms with Crippen LogP contribution in [0, 0.1) is 6.92 Å². The second kappa shape index (κ2) is 5.33. The van der Waals surface area contributed by atoms with Crippen LogP contribution in [-0.2, 0) is 5.72 Å². The summed E-state index contributed by atoms with van der Waals surface area (Å²) in [6.45, 7) is 1.76. The maximum absolute atomic E-state index is 12.3. The molecule has 1 aromatic heterocycles. The molecule has 0 fully saturated rings. The summed E-state index contributed by atoms with van der Waals surface area (Å²) >= 11 is 1.35. The fourth-order valence-electron chi connectivity index (χ4n) is 2.54. The first-order valence-corrected chi connectivity index (χ1v) is 7.67. The van der Waals surface area contributed by atoms with Gasteiger partial charge in [-0.1, -0.05) is 17.8 Å². The Balaban J connectivity index is 2.17. The highest BCUT2D eigenvalue weighted by Crippen LogP contribution is 2.40. The lowest BCUT2D eigenvalue weighted by molar-refractivity contribution is 0.0234. The first-order chi connectivity index (χ1) is 10.5.